The number of fused-ring (bicyclic) bond motifs is 1. The summed E-state index contributed by atoms with van der Waals surface area (Å²) >= 11 is 1.87. The molecule has 17 heavy (non-hydrogen) atoms. The molecule has 3 heteroatoms. The van der Waals surface area contributed by atoms with E-state index in [1.54, 1.807) is 0 Å². The van der Waals surface area contributed by atoms with Crippen LogP contribution in [0.1, 0.15) is 22.1 Å². The van der Waals surface area contributed by atoms with Gasteiger partial charge in [0.1, 0.15) is 5.03 Å². The van der Waals surface area contributed by atoms with Crippen LogP contribution in [0.3, 0.4) is 0 Å². The van der Waals surface area contributed by atoms with Crippen LogP contribution in [-0.2, 0) is 7.05 Å². The van der Waals surface area contributed by atoms with Gasteiger partial charge >= 0.3 is 0 Å². The van der Waals surface area contributed by atoms with Gasteiger partial charge in [-0.05, 0) is 12.5 Å². The second-order valence-corrected chi connectivity index (χ2v) is 5.37. The minimum atomic E-state index is 0.401. The van der Waals surface area contributed by atoms with Crippen molar-refractivity contribution in [1.29, 1.82) is 0 Å². The lowest BCUT2D eigenvalue weighted by molar-refractivity contribution is 0.691. The number of aromatic nitrogens is 2. The van der Waals surface area contributed by atoms with Crippen molar-refractivity contribution in [2.75, 3.05) is 0 Å². The largest absolute Gasteiger partial charge is 0.261 e. The fourth-order valence-electron chi connectivity index (χ4n) is 2.15. The van der Waals surface area contributed by atoms with Crippen LogP contribution < -0.4 is 0 Å². The summed E-state index contributed by atoms with van der Waals surface area (Å²) in [7, 11) is 2.01. The van der Waals surface area contributed by atoms with E-state index >= 15 is 0 Å². The molecule has 0 spiro atoms. The van der Waals surface area contributed by atoms with Gasteiger partial charge in [-0.15, -0.1) is 0 Å². The zero-order valence-corrected chi connectivity index (χ0v) is 10.7. The Labute approximate surface area is 105 Å². The molecular weight excluding hydrogens is 228 g/mol. The topological polar surface area (TPSA) is 17.8 Å². The van der Waals surface area contributed by atoms with Gasteiger partial charge in [0.2, 0.25) is 0 Å². The third-order valence-electron chi connectivity index (χ3n) is 3.02. The van der Waals surface area contributed by atoms with Gasteiger partial charge in [0.15, 0.2) is 0 Å². The maximum Gasteiger partial charge on any atom is 0.102 e. The van der Waals surface area contributed by atoms with Crippen molar-refractivity contribution < 1.29 is 0 Å². The normalized spacial score (nSPS) is 18.1. The quantitative estimate of drug-likeness (QED) is 0.760. The lowest BCUT2D eigenvalue weighted by atomic mass is 10.1. The van der Waals surface area contributed by atoms with Crippen LogP contribution in [0.25, 0.3) is 6.08 Å². The molecule has 0 bridgehead atoms. The molecule has 1 aliphatic rings. The van der Waals surface area contributed by atoms with Crippen molar-refractivity contribution in [3.8, 4) is 0 Å². The van der Waals surface area contributed by atoms with Crippen molar-refractivity contribution in [3.63, 3.8) is 0 Å². The molecule has 1 aromatic carbocycles. The number of aryl methyl sites for hydroxylation is 2. The molecule has 0 radical (unpaired) electrons. The lowest BCUT2D eigenvalue weighted by Crippen LogP contribution is -1.99. The molecule has 0 fully saturated rings. The zero-order valence-electron chi connectivity index (χ0n) is 9.92. The van der Waals surface area contributed by atoms with E-state index in [0.717, 1.165) is 5.69 Å². The van der Waals surface area contributed by atoms with Gasteiger partial charge in [0, 0.05) is 12.6 Å². The Morgan fingerprint density at radius 3 is 2.76 bits per heavy atom. The molecule has 2 aromatic rings. The third kappa shape index (κ3) is 1.80. The molecule has 3 rings (SSSR count). The number of thioether (sulfide) groups is 1. The van der Waals surface area contributed by atoms with Crippen LogP contribution in [0.4, 0.5) is 0 Å². The predicted octanol–water partition coefficient (Wildman–Crippen LogP) is 3.59. The van der Waals surface area contributed by atoms with Crippen molar-refractivity contribution in [2.45, 2.75) is 17.2 Å². The maximum absolute atomic E-state index is 4.47. The SMILES string of the molecule is Cc1nn(C)c2c1C=CC(c1ccccc1)S2. The van der Waals surface area contributed by atoms with Crippen LogP contribution >= 0.6 is 11.8 Å². The molecule has 1 unspecified atom stereocenters. The van der Waals surface area contributed by atoms with Crippen LogP contribution in [0.15, 0.2) is 41.4 Å². The van der Waals surface area contributed by atoms with Gasteiger partial charge in [-0.2, -0.15) is 5.10 Å². The van der Waals surface area contributed by atoms with Gasteiger partial charge in [0.05, 0.1) is 10.9 Å². The highest BCUT2D eigenvalue weighted by molar-refractivity contribution is 7.99. The summed E-state index contributed by atoms with van der Waals surface area (Å²) < 4.78 is 1.98. The summed E-state index contributed by atoms with van der Waals surface area (Å²) in [6, 6.07) is 10.6. The van der Waals surface area contributed by atoms with E-state index in [0.29, 0.717) is 5.25 Å². The third-order valence-corrected chi connectivity index (χ3v) is 4.41. The van der Waals surface area contributed by atoms with Gasteiger partial charge in [-0.1, -0.05) is 54.2 Å². The van der Waals surface area contributed by atoms with Gasteiger partial charge in [-0.25, -0.2) is 0 Å². The highest BCUT2D eigenvalue weighted by atomic mass is 32.2. The maximum atomic E-state index is 4.47. The van der Waals surface area contributed by atoms with Crippen LogP contribution in [0, 0.1) is 6.92 Å². The predicted molar refractivity (Wildman–Crippen MR) is 72.0 cm³/mol. The zero-order chi connectivity index (χ0) is 11.8. The standard InChI is InChI=1S/C14H14N2S/c1-10-12-8-9-13(11-6-4-3-5-7-11)17-14(12)16(2)15-10/h3-9,13H,1-2H3. The second kappa shape index (κ2) is 4.08. The number of hydrogen-bond acceptors (Lipinski definition) is 2. The Hall–Kier alpha value is -1.48. The Balaban J connectivity index is 1.99. The van der Waals surface area contributed by atoms with Gasteiger partial charge in [-0.3, -0.25) is 4.68 Å². The van der Waals surface area contributed by atoms with E-state index in [-0.39, 0.29) is 0 Å². The summed E-state index contributed by atoms with van der Waals surface area (Å²) in [4.78, 5) is 0. The average Bonchev–Trinajstić information content (AvgIpc) is 2.66. The number of nitrogens with zero attached hydrogens (tertiary/aromatic N) is 2. The lowest BCUT2D eigenvalue weighted by Gasteiger charge is -2.17. The first-order valence-corrected chi connectivity index (χ1v) is 6.57. The molecule has 0 N–H and O–H groups in total. The monoisotopic (exact) mass is 242 g/mol. The molecule has 0 saturated carbocycles. The Morgan fingerprint density at radius 1 is 1.24 bits per heavy atom. The fraction of sp³-hybridized carbons (Fsp3) is 0.214. The van der Waals surface area contributed by atoms with Crippen molar-refractivity contribution >= 4 is 17.8 Å². The van der Waals surface area contributed by atoms with Crippen molar-refractivity contribution in [3.05, 3.63) is 53.2 Å². The molecule has 1 aromatic heterocycles. The van der Waals surface area contributed by atoms with Gasteiger partial charge in [0.25, 0.3) is 0 Å². The highest BCUT2D eigenvalue weighted by Gasteiger charge is 2.21. The van der Waals surface area contributed by atoms with Crippen molar-refractivity contribution in [1.82, 2.24) is 9.78 Å². The Morgan fingerprint density at radius 2 is 2.00 bits per heavy atom. The fourth-order valence-corrected chi connectivity index (χ4v) is 3.38. The molecule has 86 valence electrons. The van der Waals surface area contributed by atoms with E-state index in [1.165, 1.54) is 16.2 Å². The molecule has 2 heterocycles. The van der Waals surface area contributed by atoms with Crippen LogP contribution in [-0.4, -0.2) is 9.78 Å². The number of hydrogen-bond donors (Lipinski definition) is 0. The molecule has 2 nitrogen and oxygen atoms in total. The minimum absolute atomic E-state index is 0.401. The van der Waals surface area contributed by atoms with Crippen LogP contribution in [0.5, 0.6) is 0 Å². The first kappa shape index (κ1) is 10.7. The Bertz CT molecular complexity index is 569. The van der Waals surface area contributed by atoms with E-state index < -0.39 is 0 Å². The summed E-state index contributed by atoms with van der Waals surface area (Å²) in [5, 5.41) is 6.13. The smallest absolute Gasteiger partial charge is 0.102 e. The van der Waals surface area contributed by atoms with E-state index in [4.69, 9.17) is 0 Å². The highest BCUT2D eigenvalue weighted by Crippen LogP contribution is 2.42. The number of rotatable bonds is 1. The first-order valence-electron chi connectivity index (χ1n) is 5.69. The molecule has 0 aliphatic carbocycles. The molecule has 1 aliphatic heterocycles. The molecule has 1 atom stereocenters. The Kier molecular flexibility index (Phi) is 2.56. The number of benzene rings is 1. The molecule has 0 saturated heterocycles. The van der Waals surface area contributed by atoms with E-state index in [9.17, 15) is 0 Å². The van der Waals surface area contributed by atoms with Gasteiger partial charge < -0.3 is 0 Å². The summed E-state index contributed by atoms with van der Waals surface area (Å²) in [5.41, 5.74) is 3.72. The summed E-state index contributed by atoms with van der Waals surface area (Å²) in [5.74, 6) is 0. The molecular formula is C14H14N2S. The van der Waals surface area contributed by atoms with Crippen LogP contribution in [0.2, 0.25) is 0 Å². The summed E-state index contributed by atoms with van der Waals surface area (Å²) in [6.07, 6.45) is 4.46. The minimum Gasteiger partial charge on any atom is -0.261 e. The second-order valence-electron chi connectivity index (χ2n) is 4.24. The first-order chi connectivity index (χ1) is 8.25. The van der Waals surface area contributed by atoms with E-state index in [2.05, 4.69) is 54.5 Å². The molecule has 0 amide bonds. The average molecular weight is 242 g/mol. The van der Waals surface area contributed by atoms with E-state index in [1.807, 2.05) is 23.5 Å². The summed E-state index contributed by atoms with van der Waals surface area (Å²) in [6.45, 7) is 2.06. The van der Waals surface area contributed by atoms with Crippen molar-refractivity contribution in [2.24, 2.45) is 7.05 Å².